The maximum atomic E-state index is 14.1. The summed E-state index contributed by atoms with van der Waals surface area (Å²) < 4.78 is 33.4. The third-order valence-corrected chi connectivity index (χ3v) is 4.22. The number of alkyl halides is 2. The van der Waals surface area contributed by atoms with Gasteiger partial charge in [0.1, 0.15) is 5.60 Å². The molecule has 1 unspecified atom stereocenters. The Balaban J connectivity index is 2.12. The van der Waals surface area contributed by atoms with Gasteiger partial charge in [-0.2, -0.15) is 0 Å². The highest BCUT2D eigenvalue weighted by molar-refractivity contribution is 5.79. The minimum Gasteiger partial charge on any atom is -0.444 e. The highest BCUT2D eigenvalue weighted by Crippen LogP contribution is 2.32. The van der Waals surface area contributed by atoms with Crippen molar-refractivity contribution in [1.82, 2.24) is 9.80 Å². The first-order valence-corrected chi connectivity index (χ1v) is 8.15. The Morgan fingerprint density at radius 3 is 2.61 bits per heavy atom. The molecule has 2 aliphatic heterocycles. The number of rotatable bonds is 1. The summed E-state index contributed by atoms with van der Waals surface area (Å²) in [6.07, 6.45) is 0.444. The Bertz CT molecular complexity index is 476. The quantitative estimate of drug-likeness (QED) is 0.742. The van der Waals surface area contributed by atoms with E-state index in [9.17, 15) is 18.4 Å². The van der Waals surface area contributed by atoms with Crippen molar-refractivity contribution in [2.75, 3.05) is 19.6 Å². The van der Waals surface area contributed by atoms with Crippen molar-refractivity contribution in [1.29, 1.82) is 0 Å². The zero-order chi connectivity index (χ0) is 17.4. The van der Waals surface area contributed by atoms with Gasteiger partial charge >= 0.3 is 6.09 Å². The van der Waals surface area contributed by atoms with E-state index in [2.05, 4.69) is 0 Å². The van der Waals surface area contributed by atoms with Crippen LogP contribution < -0.4 is 0 Å². The van der Waals surface area contributed by atoms with E-state index in [-0.39, 0.29) is 18.4 Å². The Morgan fingerprint density at radius 2 is 2.00 bits per heavy atom. The van der Waals surface area contributed by atoms with E-state index >= 15 is 0 Å². The Hall–Kier alpha value is -1.40. The topological polar surface area (TPSA) is 49.9 Å². The van der Waals surface area contributed by atoms with Gasteiger partial charge in [0.05, 0.1) is 12.6 Å². The number of hydrogen-bond donors (Lipinski definition) is 0. The number of piperidine rings is 2. The Kier molecular flexibility index (Phi) is 4.87. The molecule has 0 radical (unpaired) electrons. The normalized spacial score (nSPS) is 28.7. The molecule has 2 fully saturated rings. The van der Waals surface area contributed by atoms with Gasteiger partial charge < -0.3 is 14.5 Å². The third-order valence-electron chi connectivity index (χ3n) is 4.22. The molecule has 0 aromatic rings. The van der Waals surface area contributed by atoms with Crippen LogP contribution in [0.15, 0.2) is 0 Å². The number of likely N-dealkylation sites (tertiary alicyclic amines) is 2. The molecule has 0 N–H and O–H groups in total. The SMILES string of the molecule is CC1CCCN([C@H]2CN(C(=O)OC(C)(C)C)CC(F)(F)C2)C1=O. The van der Waals surface area contributed by atoms with Crippen molar-refractivity contribution in [3.8, 4) is 0 Å². The van der Waals surface area contributed by atoms with Gasteiger partial charge in [0.15, 0.2) is 0 Å². The van der Waals surface area contributed by atoms with Gasteiger partial charge in [0.2, 0.25) is 5.91 Å². The van der Waals surface area contributed by atoms with Crippen LogP contribution in [-0.4, -0.2) is 59.0 Å². The number of hydrogen-bond acceptors (Lipinski definition) is 3. The molecule has 7 heteroatoms. The van der Waals surface area contributed by atoms with E-state index in [1.54, 1.807) is 20.8 Å². The van der Waals surface area contributed by atoms with E-state index in [1.807, 2.05) is 6.92 Å². The second-order valence-electron chi connectivity index (χ2n) is 7.65. The summed E-state index contributed by atoms with van der Waals surface area (Å²) in [5.74, 6) is -3.25. The lowest BCUT2D eigenvalue weighted by molar-refractivity contribution is -0.148. The monoisotopic (exact) mass is 332 g/mol. The molecule has 2 amide bonds. The molecular weight excluding hydrogens is 306 g/mol. The molecule has 2 aliphatic rings. The smallest absolute Gasteiger partial charge is 0.410 e. The Morgan fingerprint density at radius 1 is 1.35 bits per heavy atom. The highest BCUT2D eigenvalue weighted by Gasteiger charge is 2.46. The first-order valence-electron chi connectivity index (χ1n) is 8.15. The van der Waals surface area contributed by atoms with Crippen LogP contribution in [0, 0.1) is 5.92 Å². The van der Waals surface area contributed by atoms with Crippen LogP contribution in [0.2, 0.25) is 0 Å². The van der Waals surface area contributed by atoms with Crippen LogP contribution in [0.5, 0.6) is 0 Å². The second kappa shape index (κ2) is 6.24. The molecule has 2 atom stereocenters. The van der Waals surface area contributed by atoms with Crippen molar-refractivity contribution in [3.05, 3.63) is 0 Å². The molecule has 2 saturated heterocycles. The number of nitrogens with zero attached hydrogens (tertiary/aromatic N) is 2. The predicted octanol–water partition coefficient (Wildman–Crippen LogP) is 2.89. The van der Waals surface area contributed by atoms with Crippen molar-refractivity contribution in [2.24, 2.45) is 5.92 Å². The lowest BCUT2D eigenvalue weighted by Gasteiger charge is -2.44. The lowest BCUT2D eigenvalue weighted by Crippen LogP contribution is -2.60. The Labute approximate surface area is 135 Å². The summed E-state index contributed by atoms with van der Waals surface area (Å²) in [7, 11) is 0. The van der Waals surface area contributed by atoms with E-state index in [0.717, 1.165) is 17.7 Å². The van der Waals surface area contributed by atoms with Crippen molar-refractivity contribution >= 4 is 12.0 Å². The number of halogens is 2. The second-order valence-corrected chi connectivity index (χ2v) is 7.65. The summed E-state index contributed by atoms with van der Waals surface area (Å²) in [6.45, 7) is 6.83. The largest absolute Gasteiger partial charge is 0.444 e. The lowest BCUT2D eigenvalue weighted by atomic mass is 9.94. The predicted molar refractivity (Wildman–Crippen MR) is 81.3 cm³/mol. The van der Waals surface area contributed by atoms with Gasteiger partial charge in [-0.3, -0.25) is 4.79 Å². The maximum absolute atomic E-state index is 14.1. The van der Waals surface area contributed by atoms with Gasteiger partial charge in [-0.05, 0) is 33.6 Å². The molecule has 0 spiro atoms. The third kappa shape index (κ3) is 4.54. The van der Waals surface area contributed by atoms with Crippen molar-refractivity contribution in [2.45, 2.75) is 64.5 Å². The molecular formula is C16H26F2N2O3. The first-order chi connectivity index (χ1) is 10.5. The fourth-order valence-electron chi connectivity index (χ4n) is 3.19. The van der Waals surface area contributed by atoms with Crippen LogP contribution in [0.3, 0.4) is 0 Å². The number of carbonyl (C=O) groups excluding carboxylic acids is 2. The summed E-state index contributed by atoms with van der Waals surface area (Å²) in [5, 5.41) is 0. The summed E-state index contributed by atoms with van der Waals surface area (Å²) in [5.41, 5.74) is -0.741. The number of carbonyl (C=O) groups is 2. The number of amides is 2. The molecule has 0 aromatic carbocycles. The molecule has 0 aliphatic carbocycles. The standard InChI is InChI=1S/C16H26F2N2O3/c1-11-6-5-7-20(13(11)21)12-8-16(17,18)10-19(9-12)14(22)23-15(2,3)4/h11-12H,5-10H2,1-4H3/t11?,12-/m1/s1. The minimum absolute atomic E-state index is 0.0944. The molecule has 2 rings (SSSR count). The van der Waals surface area contributed by atoms with Crippen LogP contribution in [-0.2, 0) is 9.53 Å². The molecule has 132 valence electrons. The zero-order valence-electron chi connectivity index (χ0n) is 14.3. The molecule has 23 heavy (non-hydrogen) atoms. The van der Waals surface area contributed by atoms with Crippen molar-refractivity contribution in [3.63, 3.8) is 0 Å². The fraction of sp³-hybridized carbons (Fsp3) is 0.875. The molecule has 5 nitrogen and oxygen atoms in total. The van der Waals surface area contributed by atoms with Gasteiger partial charge in [-0.1, -0.05) is 6.92 Å². The first kappa shape index (κ1) is 17.9. The molecule has 0 aromatic heterocycles. The van der Waals surface area contributed by atoms with Crippen LogP contribution in [0.1, 0.15) is 47.0 Å². The van der Waals surface area contributed by atoms with Crippen LogP contribution in [0.4, 0.5) is 13.6 Å². The van der Waals surface area contributed by atoms with Gasteiger partial charge in [0.25, 0.3) is 5.92 Å². The van der Waals surface area contributed by atoms with E-state index in [4.69, 9.17) is 4.74 Å². The zero-order valence-corrected chi connectivity index (χ0v) is 14.3. The van der Waals surface area contributed by atoms with Crippen molar-refractivity contribution < 1.29 is 23.1 Å². The summed E-state index contributed by atoms with van der Waals surface area (Å²) in [6, 6.07) is -0.651. The van der Waals surface area contributed by atoms with Gasteiger partial charge in [-0.25, -0.2) is 13.6 Å². The molecule has 0 saturated carbocycles. The molecule has 0 bridgehead atoms. The van der Waals surface area contributed by atoms with Crippen LogP contribution >= 0.6 is 0 Å². The fourth-order valence-corrected chi connectivity index (χ4v) is 3.19. The average Bonchev–Trinajstić information content (AvgIpc) is 2.38. The van der Waals surface area contributed by atoms with Gasteiger partial charge in [0, 0.05) is 25.4 Å². The van der Waals surface area contributed by atoms with E-state index < -0.39 is 36.6 Å². The van der Waals surface area contributed by atoms with E-state index in [0.29, 0.717) is 6.54 Å². The maximum Gasteiger partial charge on any atom is 0.410 e. The minimum atomic E-state index is -3.01. The van der Waals surface area contributed by atoms with E-state index in [1.165, 1.54) is 4.90 Å². The molecule has 2 heterocycles. The number of ether oxygens (including phenoxy) is 1. The van der Waals surface area contributed by atoms with Crippen LogP contribution in [0.25, 0.3) is 0 Å². The van der Waals surface area contributed by atoms with Gasteiger partial charge in [-0.15, -0.1) is 0 Å². The summed E-state index contributed by atoms with van der Waals surface area (Å²) >= 11 is 0. The average molecular weight is 332 g/mol. The summed E-state index contributed by atoms with van der Waals surface area (Å²) in [4.78, 5) is 27.0. The highest BCUT2D eigenvalue weighted by atomic mass is 19.3.